The molecule has 0 saturated heterocycles. The van der Waals surface area contributed by atoms with E-state index in [1.165, 1.54) is 5.56 Å². The number of rotatable bonds is 5. The second-order valence-corrected chi connectivity index (χ2v) is 4.85. The Balaban J connectivity index is 2.36. The summed E-state index contributed by atoms with van der Waals surface area (Å²) >= 11 is 0. The maximum absolute atomic E-state index is 5.53. The monoisotopic (exact) mass is 271 g/mol. The standard InChI is InChI=1S/C15H21N5/c1-4-6-13-18-14(11(3)15(19-13)20-16)17-12-8-5-7-10(2)9-12/h5,7-9H,4,6,16H2,1-3H3,(H2,17,18,19,20). The van der Waals surface area contributed by atoms with Gasteiger partial charge in [0.25, 0.3) is 0 Å². The summed E-state index contributed by atoms with van der Waals surface area (Å²) in [6.45, 7) is 6.11. The molecule has 5 nitrogen and oxygen atoms in total. The van der Waals surface area contributed by atoms with Gasteiger partial charge in [-0.05, 0) is 38.0 Å². The molecule has 0 fully saturated rings. The van der Waals surface area contributed by atoms with Gasteiger partial charge in [-0.3, -0.25) is 0 Å². The number of nitrogens with zero attached hydrogens (tertiary/aromatic N) is 2. The SMILES string of the molecule is CCCc1nc(NN)c(C)c(Nc2cccc(C)c2)n1. The van der Waals surface area contributed by atoms with Gasteiger partial charge in [0.1, 0.15) is 17.5 Å². The van der Waals surface area contributed by atoms with Crippen LogP contribution in [0, 0.1) is 13.8 Å². The summed E-state index contributed by atoms with van der Waals surface area (Å²) in [7, 11) is 0. The van der Waals surface area contributed by atoms with E-state index in [0.29, 0.717) is 5.82 Å². The van der Waals surface area contributed by atoms with Gasteiger partial charge in [-0.2, -0.15) is 0 Å². The molecule has 0 aliphatic heterocycles. The highest BCUT2D eigenvalue weighted by Gasteiger charge is 2.10. The third-order valence-corrected chi connectivity index (χ3v) is 3.08. The van der Waals surface area contributed by atoms with E-state index in [2.05, 4.69) is 46.7 Å². The van der Waals surface area contributed by atoms with Crippen LogP contribution in [0.4, 0.5) is 17.3 Å². The molecule has 0 bridgehead atoms. The van der Waals surface area contributed by atoms with Gasteiger partial charge < -0.3 is 10.7 Å². The van der Waals surface area contributed by atoms with Crippen LogP contribution in [-0.2, 0) is 6.42 Å². The molecule has 5 heteroatoms. The van der Waals surface area contributed by atoms with E-state index in [4.69, 9.17) is 5.84 Å². The molecule has 106 valence electrons. The zero-order valence-corrected chi connectivity index (χ0v) is 12.2. The van der Waals surface area contributed by atoms with Gasteiger partial charge in [-0.1, -0.05) is 19.1 Å². The number of anilines is 3. The lowest BCUT2D eigenvalue weighted by Gasteiger charge is -2.13. The van der Waals surface area contributed by atoms with Crippen LogP contribution < -0.4 is 16.6 Å². The summed E-state index contributed by atoms with van der Waals surface area (Å²) < 4.78 is 0. The fourth-order valence-corrected chi connectivity index (χ4v) is 2.02. The van der Waals surface area contributed by atoms with E-state index in [-0.39, 0.29) is 0 Å². The Morgan fingerprint density at radius 3 is 2.55 bits per heavy atom. The first-order valence-corrected chi connectivity index (χ1v) is 6.82. The van der Waals surface area contributed by atoms with Crippen molar-refractivity contribution >= 4 is 17.3 Å². The summed E-state index contributed by atoms with van der Waals surface area (Å²) in [6, 6.07) is 8.18. The first-order valence-electron chi connectivity index (χ1n) is 6.82. The lowest BCUT2D eigenvalue weighted by Crippen LogP contribution is -2.14. The lowest BCUT2D eigenvalue weighted by molar-refractivity contribution is 0.833. The lowest BCUT2D eigenvalue weighted by atomic mass is 10.2. The smallest absolute Gasteiger partial charge is 0.148 e. The summed E-state index contributed by atoms with van der Waals surface area (Å²) in [5.41, 5.74) is 5.76. The average molecular weight is 271 g/mol. The van der Waals surface area contributed by atoms with Crippen molar-refractivity contribution < 1.29 is 0 Å². The molecule has 20 heavy (non-hydrogen) atoms. The van der Waals surface area contributed by atoms with Gasteiger partial charge in [-0.25, -0.2) is 15.8 Å². The van der Waals surface area contributed by atoms with E-state index in [1.807, 2.05) is 19.1 Å². The van der Waals surface area contributed by atoms with Crippen LogP contribution in [0.1, 0.15) is 30.3 Å². The topological polar surface area (TPSA) is 75.9 Å². The number of nitrogens with one attached hydrogen (secondary N) is 2. The Kier molecular flexibility index (Phi) is 4.53. The number of hydrogen-bond acceptors (Lipinski definition) is 5. The highest BCUT2D eigenvalue weighted by Crippen LogP contribution is 2.23. The molecule has 0 radical (unpaired) electrons. The normalized spacial score (nSPS) is 10.4. The van der Waals surface area contributed by atoms with Crippen molar-refractivity contribution in [1.82, 2.24) is 9.97 Å². The van der Waals surface area contributed by atoms with Crippen molar-refractivity contribution in [3.63, 3.8) is 0 Å². The van der Waals surface area contributed by atoms with E-state index >= 15 is 0 Å². The van der Waals surface area contributed by atoms with Crippen LogP contribution in [0.15, 0.2) is 24.3 Å². The molecular weight excluding hydrogens is 250 g/mol. The number of aromatic nitrogens is 2. The minimum absolute atomic E-state index is 0.665. The Hall–Kier alpha value is -2.14. The van der Waals surface area contributed by atoms with Crippen LogP contribution in [0.25, 0.3) is 0 Å². The van der Waals surface area contributed by atoms with Gasteiger partial charge in [0.2, 0.25) is 0 Å². The first kappa shape index (κ1) is 14.3. The zero-order chi connectivity index (χ0) is 14.5. The van der Waals surface area contributed by atoms with Crippen molar-refractivity contribution in [2.45, 2.75) is 33.6 Å². The second-order valence-electron chi connectivity index (χ2n) is 4.85. The first-order chi connectivity index (χ1) is 9.63. The molecule has 0 aliphatic rings. The van der Waals surface area contributed by atoms with Gasteiger partial charge in [0.15, 0.2) is 0 Å². The molecule has 2 aromatic rings. The Morgan fingerprint density at radius 2 is 1.90 bits per heavy atom. The van der Waals surface area contributed by atoms with Crippen LogP contribution >= 0.6 is 0 Å². The molecule has 0 aliphatic carbocycles. The quantitative estimate of drug-likeness (QED) is 0.575. The Bertz CT molecular complexity index is 595. The van der Waals surface area contributed by atoms with Crippen molar-refractivity contribution in [1.29, 1.82) is 0 Å². The van der Waals surface area contributed by atoms with Gasteiger partial charge >= 0.3 is 0 Å². The van der Waals surface area contributed by atoms with Crippen molar-refractivity contribution in [3.8, 4) is 0 Å². The molecule has 1 heterocycles. The summed E-state index contributed by atoms with van der Waals surface area (Å²) in [6.07, 6.45) is 1.83. The molecule has 0 unspecified atom stereocenters. The van der Waals surface area contributed by atoms with E-state index in [0.717, 1.165) is 35.7 Å². The fourth-order valence-electron chi connectivity index (χ4n) is 2.02. The van der Waals surface area contributed by atoms with Crippen molar-refractivity contribution in [2.24, 2.45) is 5.84 Å². The number of nitrogen functional groups attached to an aromatic ring is 1. The molecule has 4 N–H and O–H groups in total. The Morgan fingerprint density at radius 1 is 1.15 bits per heavy atom. The third kappa shape index (κ3) is 3.24. The molecule has 2 rings (SSSR count). The molecule has 0 amide bonds. The minimum Gasteiger partial charge on any atom is -0.340 e. The number of nitrogens with two attached hydrogens (primary N) is 1. The third-order valence-electron chi connectivity index (χ3n) is 3.08. The molecule has 1 aromatic heterocycles. The summed E-state index contributed by atoms with van der Waals surface area (Å²) in [5, 5.41) is 3.34. The molecular formula is C15H21N5. The van der Waals surface area contributed by atoms with Crippen molar-refractivity contribution in [3.05, 3.63) is 41.2 Å². The molecule has 0 atom stereocenters. The number of hydrogen-bond donors (Lipinski definition) is 3. The molecule has 1 aromatic carbocycles. The van der Waals surface area contributed by atoms with Gasteiger partial charge in [0, 0.05) is 17.7 Å². The van der Waals surface area contributed by atoms with Crippen molar-refractivity contribution in [2.75, 3.05) is 10.7 Å². The van der Waals surface area contributed by atoms with E-state index < -0.39 is 0 Å². The summed E-state index contributed by atoms with van der Waals surface area (Å²) in [4.78, 5) is 8.99. The van der Waals surface area contributed by atoms with E-state index in [1.54, 1.807) is 0 Å². The largest absolute Gasteiger partial charge is 0.340 e. The van der Waals surface area contributed by atoms with Gasteiger partial charge in [-0.15, -0.1) is 0 Å². The maximum atomic E-state index is 5.53. The van der Waals surface area contributed by atoms with Crippen LogP contribution in [0.3, 0.4) is 0 Å². The maximum Gasteiger partial charge on any atom is 0.148 e. The van der Waals surface area contributed by atoms with Crippen LogP contribution in [-0.4, -0.2) is 9.97 Å². The fraction of sp³-hybridized carbons (Fsp3) is 0.333. The predicted molar refractivity (Wildman–Crippen MR) is 83.0 cm³/mol. The van der Waals surface area contributed by atoms with E-state index in [9.17, 15) is 0 Å². The van der Waals surface area contributed by atoms with Gasteiger partial charge in [0.05, 0.1) is 0 Å². The number of benzene rings is 1. The second kappa shape index (κ2) is 6.34. The predicted octanol–water partition coefficient (Wildman–Crippen LogP) is 3.08. The average Bonchev–Trinajstić information content (AvgIpc) is 2.42. The molecule has 0 spiro atoms. The summed E-state index contributed by atoms with van der Waals surface area (Å²) in [5.74, 6) is 7.79. The van der Waals surface area contributed by atoms with Crippen LogP contribution in [0.2, 0.25) is 0 Å². The minimum atomic E-state index is 0.665. The highest BCUT2D eigenvalue weighted by molar-refractivity contribution is 5.64. The highest BCUT2D eigenvalue weighted by atomic mass is 15.3. The number of hydrazine groups is 1. The number of aryl methyl sites for hydroxylation is 2. The molecule has 0 saturated carbocycles. The zero-order valence-electron chi connectivity index (χ0n) is 12.2. The van der Waals surface area contributed by atoms with Crippen LogP contribution in [0.5, 0.6) is 0 Å². The Labute approximate surface area is 119 Å².